The Hall–Kier alpha value is -1.58. The minimum atomic E-state index is -1.18. The number of anilines is 1. The number of hydrogen-bond donors (Lipinski definition) is 1. The van der Waals surface area contributed by atoms with Gasteiger partial charge < -0.3 is 15.2 Å². The van der Waals surface area contributed by atoms with Crippen LogP contribution in [0.25, 0.3) is 0 Å². The number of nitrogens with one attached hydrogen (secondary N) is 1. The molecule has 1 aromatic heterocycles. The van der Waals surface area contributed by atoms with E-state index >= 15 is 0 Å². The number of rotatable bonds is 3. The summed E-state index contributed by atoms with van der Waals surface area (Å²) in [6.45, 7) is 0. The number of carboxylic acids is 1. The Morgan fingerprint density at radius 1 is 1.62 bits per heavy atom. The van der Waals surface area contributed by atoms with E-state index in [0.29, 0.717) is 11.9 Å². The van der Waals surface area contributed by atoms with Gasteiger partial charge in [0, 0.05) is 17.8 Å². The van der Waals surface area contributed by atoms with Crippen LogP contribution in [0.2, 0.25) is 0 Å². The van der Waals surface area contributed by atoms with Crippen LogP contribution in [0, 0.1) is 0 Å². The quantitative estimate of drug-likeness (QED) is 0.706. The standard InChI is InChI=1S/C9H10N2O2/c12-9(13)7-2-1-5-10-8(7)11-6-3-4-6/h1-2,5-6H,3-4H2,(H,10,11)(H,12,13)/p-1. The van der Waals surface area contributed by atoms with Crippen LogP contribution < -0.4 is 10.4 Å². The molecule has 68 valence electrons. The smallest absolute Gasteiger partial charge is 0.135 e. The molecule has 2 rings (SSSR count). The van der Waals surface area contributed by atoms with E-state index < -0.39 is 5.97 Å². The predicted octanol–water partition coefficient (Wildman–Crippen LogP) is 0.0194. The van der Waals surface area contributed by atoms with Gasteiger partial charge in [0.25, 0.3) is 0 Å². The van der Waals surface area contributed by atoms with Gasteiger partial charge in [0.05, 0.1) is 5.97 Å². The van der Waals surface area contributed by atoms with E-state index in [1.807, 2.05) is 0 Å². The van der Waals surface area contributed by atoms with Crippen molar-refractivity contribution < 1.29 is 9.90 Å². The molecular weight excluding hydrogens is 168 g/mol. The monoisotopic (exact) mass is 177 g/mol. The van der Waals surface area contributed by atoms with Gasteiger partial charge in [-0.15, -0.1) is 0 Å². The summed E-state index contributed by atoms with van der Waals surface area (Å²) >= 11 is 0. The van der Waals surface area contributed by atoms with E-state index in [1.54, 1.807) is 12.3 Å². The molecule has 1 fully saturated rings. The van der Waals surface area contributed by atoms with Gasteiger partial charge in [-0.05, 0) is 25.0 Å². The molecular formula is C9H9N2O2-. The first-order valence-electron chi connectivity index (χ1n) is 4.20. The van der Waals surface area contributed by atoms with E-state index in [2.05, 4.69) is 10.3 Å². The third-order valence-corrected chi connectivity index (χ3v) is 1.95. The fraction of sp³-hybridized carbons (Fsp3) is 0.333. The minimum absolute atomic E-state index is 0.134. The SMILES string of the molecule is O=C([O-])c1cccnc1NC1CC1. The van der Waals surface area contributed by atoms with Gasteiger partial charge >= 0.3 is 0 Å². The minimum Gasteiger partial charge on any atom is -0.545 e. The van der Waals surface area contributed by atoms with Crippen LogP contribution in [0.15, 0.2) is 18.3 Å². The van der Waals surface area contributed by atoms with Crippen molar-refractivity contribution in [3.63, 3.8) is 0 Å². The Bertz CT molecular complexity index is 334. The van der Waals surface area contributed by atoms with Crippen LogP contribution in [-0.2, 0) is 0 Å². The van der Waals surface area contributed by atoms with Crippen molar-refractivity contribution >= 4 is 11.8 Å². The maximum atomic E-state index is 10.6. The van der Waals surface area contributed by atoms with Crippen LogP contribution >= 0.6 is 0 Å². The van der Waals surface area contributed by atoms with E-state index in [1.165, 1.54) is 6.07 Å². The molecule has 0 amide bonds. The third-order valence-electron chi connectivity index (χ3n) is 1.95. The zero-order valence-corrected chi connectivity index (χ0v) is 6.99. The molecule has 0 atom stereocenters. The molecule has 0 bridgehead atoms. The van der Waals surface area contributed by atoms with Crippen molar-refractivity contribution in [2.45, 2.75) is 18.9 Å². The van der Waals surface area contributed by atoms with Gasteiger partial charge in [-0.25, -0.2) is 4.98 Å². The maximum absolute atomic E-state index is 10.6. The second-order valence-electron chi connectivity index (χ2n) is 3.11. The molecule has 0 aliphatic heterocycles. The van der Waals surface area contributed by atoms with Crippen molar-refractivity contribution in [3.05, 3.63) is 23.9 Å². The first-order chi connectivity index (χ1) is 6.27. The number of aromatic nitrogens is 1. The average molecular weight is 177 g/mol. The molecule has 1 aliphatic carbocycles. The average Bonchev–Trinajstić information content (AvgIpc) is 2.89. The first-order valence-corrected chi connectivity index (χ1v) is 4.20. The van der Waals surface area contributed by atoms with E-state index in [9.17, 15) is 9.90 Å². The highest BCUT2D eigenvalue weighted by Crippen LogP contribution is 2.24. The lowest BCUT2D eigenvalue weighted by molar-refractivity contribution is -0.254. The van der Waals surface area contributed by atoms with Crippen LogP contribution in [0.4, 0.5) is 5.82 Å². The molecule has 13 heavy (non-hydrogen) atoms. The first kappa shape index (κ1) is 8.04. The Labute approximate surface area is 75.6 Å². The number of carbonyl (C=O) groups excluding carboxylic acids is 1. The molecule has 1 aromatic rings. The molecule has 0 aromatic carbocycles. The van der Waals surface area contributed by atoms with Gasteiger partial charge in [0.15, 0.2) is 0 Å². The van der Waals surface area contributed by atoms with Crippen molar-refractivity contribution in [2.75, 3.05) is 5.32 Å². The highest BCUT2D eigenvalue weighted by atomic mass is 16.4. The van der Waals surface area contributed by atoms with Crippen molar-refractivity contribution in [1.29, 1.82) is 0 Å². The normalized spacial score (nSPS) is 15.4. The highest BCUT2D eigenvalue weighted by Gasteiger charge is 2.22. The predicted molar refractivity (Wildman–Crippen MR) is 45.2 cm³/mol. The third kappa shape index (κ3) is 1.77. The second kappa shape index (κ2) is 3.05. The van der Waals surface area contributed by atoms with Crippen LogP contribution in [0.1, 0.15) is 23.2 Å². The molecule has 1 saturated carbocycles. The Kier molecular flexibility index (Phi) is 1.88. The zero-order chi connectivity index (χ0) is 9.26. The number of hydrogen-bond acceptors (Lipinski definition) is 4. The number of carbonyl (C=O) groups is 1. The molecule has 1 heterocycles. The molecule has 0 radical (unpaired) electrons. The topological polar surface area (TPSA) is 65.0 Å². The molecule has 0 saturated heterocycles. The van der Waals surface area contributed by atoms with E-state index in [0.717, 1.165) is 12.8 Å². The zero-order valence-electron chi connectivity index (χ0n) is 6.99. The second-order valence-corrected chi connectivity index (χ2v) is 3.11. The lowest BCUT2D eigenvalue weighted by Crippen LogP contribution is -2.24. The lowest BCUT2D eigenvalue weighted by atomic mass is 10.2. The fourth-order valence-electron chi connectivity index (χ4n) is 1.11. The summed E-state index contributed by atoms with van der Waals surface area (Å²) in [5, 5.41) is 13.7. The Morgan fingerprint density at radius 3 is 3.00 bits per heavy atom. The summed E-state index contributed by atoms with van der Waals surface area (Å²) in [5.74, 6) is -0.763. The van der Waals surface area contributed by atoms with Gasteiger partial charge in [-0.1, -0.05) is 0 Å². The van der Waals surface area contributed by atoms with Crippen LogP contribution in [0.5, 0.6) is 0 Å². The van der Waals surface area contributed by atoms with E-state index in [-0.39, 0.29) is 5.56 Å². The number of aromatic carboxylic acids is 1. The largest absolute Gasteiger partial charge is 0.545 e. The molecule has 1 N–H and O–H groups in total. The number of carboxylic acid groups (broad SMARTS) is 1. The number of nitrogens with zero attached hydrogens (tertiary/aromatic N) is 1. The lowest BCUT2D eigenvalue weighted by Gasteiger charge is -2.09. The summed E-state index contributed by atoms with van der Waals surface area (Å²) in [5.41, 5.74) is 0.134. The summed E-state index contributed by atoms with van der Waals surface area (Å²) in [7, 11) is 0. The van der Waals surface area contributed by atoms with Crippen LogP contribution in [0.3, 0.4) is 0 Å². The molecule has 0 spiro atoms. The molecule has 1 aliphatic rings. The summed E-state index contributed by atoms with van der Waals surface area (Å²) < 4.78 is 0. The number of pyridine rings is 1. The van der Waals surface area contributed by atoms with E-state index in [4.69, 9.17) is 0 Å². The van der Waals surface area contributed by atoms with Gasteiger partial charge in [0.2, 0.25) is 0 Å². The van der Waals surface area contributed by atoms with Gasteiger partial charge in [-0.3, -0.25) is 0 Å². The molecule has 4 nitrogen and oxygen atoms in total. The van der Waals surface area contributed by atoms with Gasteiger partial charge in [0.1, 0.15) is 5.82 Å². The van der Waals surface area contributed by atoms with Crippen molar-refractivity contribution in [3.8, 4) is 0 Å². The molecule has 4 heteroatoms. The summed E-state index contributed by atoms with van der Waals surface area (Å²) in [4.78, 5) is 14.6. The Morgan fingerprint density at radius 2 is 2.38 bits per heavy atom. The van der Waals surface area contributed by atoms with Gasteiger partial charge in [-0.2, -0.15) is 0 Å². The summed E-state index contributed by atoms with van der Waals surface area (Å²) in [6, 6.07) is 3.48. The van der Waals surface area contributed by atoms with Crippen molar-refractivity contribution in [2.24, 2.45) is 0 Å². The van der Waals surface area contributed by atoms with Crippen LogP contribution in [-0.4, -0.2) is 17.0 Å². The summed E-state index contributed by atoms with van der Waals surface area (Å²) in [6.07, 6.45) is 3.74. The van der Waals surface area contributed by atoms with Crippen molar-refractivity contribution in [1.82, 2.24) is 4.98 Å². The highest BCUT2D eigenvalue weighted by molar-refractivity contribution is 5.91. The Balaban J connectivity index is 2.25. The molecule has 0 unspecified atom stereocenters. The maximum Gasteiger partial charge on any atom is 0.135 e. The fourth-order valence-corrected chi connectivity index (χ4v) is 1.11.